The highest BCUT2D eigenvalue weighted by Crippen LogP contribution is 2.36. The predicted molar refractivity (Wildman–Crippen MR) is 75.7 cm³/mol. The third-order valence-corrected chi connectivity index (χ3v) is 4.62. The van der Waals surface area contributed by atoms with Crippen LogP contribution in [0.15, 0.2) is 23.1 Å². The van der Waals surface area contributed by atoms with Crippen molar-refractivity contribution in [3.05, 3.63) is 28.3 Å². The number of nitro benzene ring substituents is 1. The Balaban J connectivity index is 2.51. The number of nitrogens with two attached hydrogens (primary N) is 1. The Kier molecular flexibility index (Phi) is 3.86. The van der Waals surface area contributed by atoms with Gasteiger partial charge < -0.3 is 10.6 Å². The third kappa shape index (κ3) is 2.97. The van der Waals surface area contributed by atoms with Gasteiger partial charge in [0.1, 0.15) is 10.6 Å². The fourth-order valence-electron chi connectivity index (χ4n) is 2.46. The smallest absolute Gasteiger partial charge is 0.311 e. The summed E-state index contributed by atoms with van der Waals surface area (Å²) in [6, 6.07) is 4.14. The minimum Gasteiger partial charge on any atom is -0.369 e. The van der Waals surface area contributed by atoms with E-state index in [1.807, 2.05) is 0 Å². The Labute approximate surface area is 121 Å². The number of anilines is 1. The van der Waals surface area contributed by atoms with Crippen molar-refractivity contribution < 1.29 is 18.1 Å². The Morgan fingerprint density at radius 2 is 2.14 bits per heavy atom. The molecule has 1 heterocycles. The van der Waals surface area contributed by atoms with E-state index in [4.69, 9.17) is 5.73 Å². The first-order chi connectivity index (χ1) is 9.71. The first-order valence-corrected chi connectivity index (χ1v) is 8.12. The first-order valence-electron chi connectivity index (χ1n) is 6.23. The van der Waals surface area contributed by atoms with Gasteiger partial charge in [0.25, 0.3) is 0 Å². The van der Waals surface area contributed by atoms with Gasteiger partial charge in [0.05, 0.1) is 10.8 Å². The van der Waals surface area contributed by atoms with Crippen LogP contribution in [0.1, 0.15) is 6.42 Å². The number of carbonyl (C=O) groups excluding carboxylic acids is 1. The fraction of sp³-hybridized carbons (Fsp3) is 0.417. The molecule has 21 heavy (non-hydrogen) atoms. The van der Waals surface area contributed by atoms with Gasteiger partial charge in [-0.05, 0) is 18.6 Å². The molecule has 1 unspecified atom stereocenters. The van der Waals surface area contributed by atoms with Gasteiger partial charge in [-0.3, -0.25) is 14.9 Å². The number of hydrogen-bond acceptors (Lipinski definition) is 6. The van der Waals surface area contributed by atoms with Crippen LogP contribution in [0.5, 0.6) is 0 Å². The first kappa shape index (κ1) is 15.2. The summed E-state index contributed by atoms with van der Waals surface area (Å²) in [6.45, 7) is 0.672. The normalized spacial score (nSPS) is 18.7. The van der Waals surface area contributed by atoms with E-state index in [2.05, 4.69) is 0 Å². The van der Waals surface area contributed by atoms with Crippen LogP contribution >= 0.6 is 0 Å². The quantitative estimate of drug-likeness (QED) is 0.630. The molecule has 0 spiro atoms. The molecule has 0 aliphatic carbocycles. The zero-order valence-corrected chi connectivity index (χ0v) is 12.2. The molecule has 1 fully saturated rings. The molecule has 1 aromatic rings. The fourth-order valence-corrected chi connectivity index (χ4v) is 3.32. The number of nitro groups is 1. The second-order valence-electron chi connectivity index (χ2n) is 4.99. The van der Waals surface area contributed by atoms with E-state index in [9.17, 15) is 23.3 Å². The molecule has 9 heteroatoms. The van der Waals surface area contributed by atoms with Gasteiger partial charge in [-0.15, -0.1) is 0 Å². The van der Waals surface area contributed by atoms with Crippen molar-refractivity contribution in [1.29, 1.82) is 0 Å². The van der Waals surface area contributed by atoms with Gasteiger partial charge >= 0.3 is 5.69 Å². The lowest BCUT2D eigenvalue weighted by atomic mass is 10.1. The second-order valence-corrected chi connectivity index (χ2v) is 6.97. The molecule has 1 atom stereocenters. The number of carbonyl (C=O) groups is 1. The third-order valence-electron chi connectivity index (χ3n) is 3.49. The molecular formula is C12H15N3O5S. The highest BCUT2D eigenvalue weighted by Gasteiger charge is 2.33. The van der Waals surface area contributed by atoms with Crippen LogP contribution in [0.25, 0.3) is 0 Å². The molecule has 2 rings (SSSR count). The SMILES string of the molecule is CS(=O)(=O)c1cccc(N2CCC(C(N)=O)C2)c1[N+](=O)[O-]. The van der Waals surface area contributed by atoms with Crippen molar-refractivity contribution in [2.75, 3.05) is 24.2 Å². The standard InChI is InChI=1S/C12H15N3O5S/c1-21(19,20)10-4-2-3-9(11(10)15(17)18)14-6-5-8(7-14)12(13)16/h2-4,8H,5-7H2,1H3,(H2,13,16). The highest BCUT2D eigenvalue weighted by atomic mass is 32.2. The molecule has 1 amide bonds. The lowest BCUT2D eigenvalue weighted by Gasteiger charge is -2.19. The number of primary amides is 1. The molecule has 1 aliphatic heterocycles. The molecule has 0 bridgehead atoms. The summed E-state index contributed by atoms with van der Waals surface area (Å²) in [5, 5.41) is 11.3. The van der Waals surface area contributed by atoms with E-state index in [0.717, 1.165) is 6.26 Å². The molecule has 0 aromatic heterocycles. The topological polar surface area (TPSA) is 124 Å². The Bertz CT molecular complexity index is 701. The van der Waals surface area contributed by atoms with E-state index in [-0.39, 0.29) is 23.0 Å². The van der Waals surface area contributed by atoms with Crippen LogP contribution in [0.3, 0.4) is 0 Å². The van der Waals surface area contributed by atoms with E-state index in [1.54, 1.807) is 4.90 Å². The molecular weight excluding hydrogens is 298 g/mol. The van der Waals surface area contributed by atoms with E-state index >= 15 is 0 Å². The summed E-state index contributed by atoms with van der Waals surface area (Å²) in [7, 11) is -3.72. The summed E-state index contributed by atoms with van der Waals surface area (Å²) in [5.74, 6) is -0.842. The number of benzene rings is 1. The predicted octanol–water partition coefficient (Wildman–Crippen LogP) is 0.310. The number of nitrogens with zero attached hydrogens (tertiary/aromatic N) is 2. The van der Waals surface area contributed by atoms with E-state index < -0.39 is 26.4 Å². The van der Waals surface area contributed by atoms with Crippen molar-refractivity contribution in [2.24, 2.45) is 11.7 Å². The summed E-state index contributed by atoms with van der Waals surface area (Å²) < 4.78 is 23.4. The van der Waals surface area contributed by atoms with Crippen molar-refractivity contribution in [3.63, 3.8) is 0 Å². The van der Waals surface area contributed by atoms with Crippen LogP contribution in [-0.4, -0.2) is 38.6 Å². The number of sulfone groups is 1. The molecule has 0 radical (unpaired) electrons. The maximum absolute atomic E-state index is 11.7. The van der Waals surface area contributed by atoms with Gasteiger partial charge in [0.15, 0.2) is 9.84 Å². The zero-order chi connectivity index (χ0) is 15.8. The number of para-hydroxylation sites is 1. The average molecular weight is 313 g/mol. The largest absolute Gasteiger partial charge is 0.369 e. The highest BCUT2D eigenvalue weighted by molar-refractivity contribution is 7.90. The molecule has 1 aromatic carbocycles. The van der Waals surface area contributed by atoms with Crippen molar-refractivity contribution in [1.82, 2.24) is 0 Å². The van der Waals surface area contributed by atoms with Crippen LogP contribution < -0.4 is 10.6 Å². The van der Waals surface area contributed by atoms with Crippen LogP contribution in [-0.2, 0) is 14.6 Å². The van der Waals surface area contributed by atoms with E-state index in [0.29, 0.717) is 13.0 Å². The molecule has 114 valence electrons. The number of rotatable bonds is 4. The maximum Gasteiger partial charge on any atom is 0.311 e. The van der Waals surface area contributed by atoms with Crippen molar-refractivity contribution in [3.8, 4) is 0 Å². The monoisotopic (exact) mass is 313 g/mol. The van der Waals surface area contributed by atoms with Crippen molar-refractivity contribution in [2.45, 2.75) is 11.3 Å². The second kappa shape index (κ2) is 5.32. The summed E-state index contributed by atoms with van der Waals surface area (Å²) >= 11 is 0. The maximum atomic E-state index is 11.7. The van der Waals surface area contributed by atoms with Gasteiger partial charge in [-0.1, -0.05) is 6.07 Å². The molecule has 0 saturated carbocycles. The van der Waals surface area contributed by atoms with Gasteiger partial charge in [0.2, 0.25) is 5.91 Å². The van der Waals surface area contributed by atoms with Gasteiger partial charge in [0, 0.05) is 19.3 Å². The molecule has 2 N–H and O–H groups in total. The van der Waals surface area contributed by atoms with Gasteiger partial charge in [-0.25, -0.2) is 8.42 Å². The zero-order valence-electron chi connectivity index (χ0n) is 11.4. The average Bonchev–Trinajstić information content (AvgIpc) is 2.86. The number of hydrogen-bond donors (Lipinski definition) is 1. The van der Waals surface area contributed by atoms with Crippen molar-refractivity contribution >= 4 is 27.1 Å². The summed E-state index contributed by atoms with van der Waals surface area (Å²) in [6.07, 6.45) is 1.42. The van der Waals surface area contributed by atoms with Crippen LogP contribution in [0.4, 0.5) is 11.4 Å². The van der Waals surface area contributed by atoms with Crippen LogP contribution in [0, 0.1) is 16.0 Å². The Morgan fingerprint density at radius 1 is 1.48 bits per heavy atom. The van der Waals surface area contributed by atoms with Gasteiger partial charge in [-0.2, -0.15) is 0 Å². The number of amides is 1. The lowest BCUT2D eigenvalue weighted by molar-refractivity contribution is -0.387. The molecule has 1 aliphatic rings. The Hall–Kier alpha value is -2.16. The van der Waals surface area contributed by atoms with Crippen LogP contribution in [0.2, 0.25) is 0 Å². The van der Waals surface area contributed by atoms with E-state index in [1.165, 1.54) is 18.2 Å². The summed E-state index contributed by atoms with van der Waals surface area (Å²) in [4.78, 5) is 23.1. The lowest BCUT2D eigenvalue weighted by Crippen LogP contribution is -2.27. The molecule has 8 nitrogen and oxygen atoms in total. The molecule has 1 saturated heterocycles. The minimum atomic E-state index is -3.72. The Morgan fingerprint density at radius 3 is 2.62 bits per heavy atom. The summed E-state index contributed by atoms with van der Waals surface area (Å²) in [5.41, 5.74) is 4.99. The minimum absolute atomic E-state index is 0.201.